The molecule has 0 aliphatic heterocycles. The van der Waals surface area contributed by atoms with Crippen LogP contribution in [0, 0.1) is 10.1 Å². The molecule has 2 rings (SSSR count). The minimum Gasteiger partial charge on any atom is -0.325 e. The van der Waals surface area contributed by atoms with Gasteiger partial charge in [0.1, 0.15) is 5.75 Å². The zero-order valence-electron chi connectivity index (χ0n) is 12.0. The molecule has 0 aliphatic carbocycles. The summed E-state index contributed by atoms with van der Waals surface area (Å²) in [6.07, 6.45) is 0. The predicted molar refractivity (Wildman–Crippen MR) is 85.7 cm³/mol. The second kappa shape index (κ2) is 7.01. The Morgan fingerprint density at radius 2 is 1.65 bits per heavy atom. The fraction of sp³-hybridized carbons (Fsp3) is 0.133. The molecule has 0 saturated heterocycles. The second-order valence-electron chi connectivity index (χ2n) is 4.87. The summed E-state index contributed by atoms with van der Waals surface area (Å²) in [5.41, 5.74) is 0.791. The van der Waals surface area contributed by atoms with Gasteiger partial charge < -0.3 is 5.32 Å². The molecule has 1 amide bonds. The van der Waals surface area contributed by atoms with Gasteiger partial charge in [0.15, 0.2) is 9.84 Å². The van der Waals surface area contributed by atoms with Gasteiger partial charge in [-0.2, -0.15) is 0 Å². The van der Waals surface area contributed by atoms with Crippen molar-refractivity contribution in [2.45, 2.75) is 5.75 Å². The maximum absolute atomic E-state index is 12.0. The Morgan fingerprint density at radius 1 is 1.04 bits per heavy atom. The lowest BCUT2D eigenvalue weighted by Gasteiger charge is -2.06. The third kappa shape index (κ3) is 5.19. The van der Waals surface area contributed by atoms with Crippen LogP contribution in [0.2, 0.25) is 0 Å². The molecule has 0 fully saturated rings. The van der Waals surface area contributed by atoms with E-state index in [0.717, 1.165) is 0 Å². The number of sulfone groups is 1. The number of nitrogens with zero attached hydrogens (tertiary/aromatic N) is 1. The van der Waals surface area contributed by atoms with E-state index in [9.17, 15) is 23.3 Å². The highest BCUT2D eigenvalue weighted by molar-refractivity contribution is 7.91. The van der Waals surface area contributed by atoms with Crippen LogP contribution in [0.3, 0.4) is 0 Å². The predicted octanol–water partition coefficient (Wildman–Crippen LogP) is 2.15. The first-order chi connectivity index (χ1) is 10.9. The summed E-state index contributed by atoms with van der Waals surface area (Å²) in [4.78, 5) is 21.8. The highest BCUT2D eigenvalue weighted by Gasteiger charge is 2.18. The maximum Gasteiger partial charge on any atom is 0.269 e. The number of anilines is 1. The summed E-state index contributed by atoms with van der Waals surface area (Å²) < 4.78 is 24.0. The second-order valence-corrected chi connectivity index (χ2v) is 6.93. The van der Waals surface area contributed by atoms with Gasteiger partial charge in [-0.3, -0.25) is 14.9 Å². The lowest BCUT2D eigenvalue weighted by atomic mass is 10.2. The van der Waals surface area contributed by atoms with Crippen molar-refractivity contribution in [1.82, 2.24) is 0 Å². The van der Waals surface area contributed by atoms with E-state index >= 15 is 0 Å². The highest BCUT2D eigenvalue weighted by atomic mass is 32.2. The summed E-state index contributed by atoms with van der Waals surface area (Å²) in [6.45, 7) is 0. The number of carbonyl (C=O) groups is 1. The zero-order chi connectivity index (χ0) is 16.9. The van der Waals surface area contributed by atoms with Gasteiger partial charge in [0, 0.05) is 17.8 Å². The number of para-hydroxylation sites is 1. The molecule has 0 unspecified atom stereocenters. The minimum absolute atomic E-state index is 0.118. The molecule has 2 aromatic carbocycles. The molecule has 2 aromatic rings. The van der Waals surface area contributed by atoms with Gasteiger partial charge in [-0.25, -0.2) is 8.42 Å². The van der Waals surface area contributed by atoms with Crippen LogP contribution in [0.4, 0.5) is 11.4 Å². The third-order valence-electron chi connectivity index (χ3n) is 2.94. The Labute approximate surface area is 133 Å². The van der Waals surface area contributed by atoms with Crippen molar-refractivity contribution in [2.24, 2.45) is 0 Å². The molecule has 23 heavy (non-hydrogen) atoms. The first-order valence-corrected chi connectivity index (χ1v) is 8.46. The average Bonchev–Trinajstić information content (AvgIpc) is 2.47. The number of benzene rings is 2. The van der Waals surface area contributed by atoms with Gasteiger partial charge in [-0.05, 0) is 17.7 Å². The number of non-ortho nitro benzene ring substituents is 1. The summed E-state index contributed by atoms with van der Waals surface area (Å²) in [6, 6.07) is 13.7. The fourth-order valence-corrected chi connectivity index (χ4v) is 3.21. The molecule has 120 valence electrons. The summed E-state index contributed by atoms with van der Waals surface area (Å²) in [7, 11) is -3.67. The van der Waals surface area contributed by atoms with Crippen molar-refractivity contribution in [1.29, 1.82) is 0 Å². The largest absolute Gasteiger partial charge is 0.325 e. The van der Waals surface area contributed by atoms with Crippen molar-refractivity contribution in [3.05, 3.63) is 70.3 Å². The molecule has 0 saturated carbocycles. The quantitative estimate of drug-likeness (QED) is 0.643. The van der Waals surface area contributed by atoms with Crippen LogP contribution in [0.1, 0.15) is 5.56 Å². The van der Waals surface area contributed by atoms with Crippen LogP contribution in [0.5, 0.6) is 0 Å². The molecular weight excluding hydrogens is 320 g/mol. The van der Waals surface area contributed by atoms with Crippen LogP contribution in [0.25, 0.3) is 0 Å². The monoisotopic (exact) mass is 334 g/mol. The van der Waals surface area contributed by atoms with Crippen molar-refractivity contribution in [3.63, 3.8) is 0 Å². The van der Waals surface area contributed by atoms with E-state index < -0.39 is 26.4 Å². The molecule has 0 spiro atoms. The van der Waals surface area contributed by atoms with Crippen molar-refractivity contribution in [2.75, 3.05) is 11.1 Å². The zero-order valence-corrected chi connectivity index (χ0v) is 12.8. The standard InChI is InChI=1S/C15H14N2O5S/c18-15(16-13-4-2-1-3-5-13)11-23(21,22)10-12-6-8-14(9-7-12)17(19)20/h1-9H,10-11H2,(H,16,18). The van der Waals surface area contributed by atoms with Gasteiger partial charge in [0.25, 0.3) is 5.69 Å². The average molecular weight is 334 g/mol. The number of rotatable bonds is 6. The topological polar surface area (TPSA) is 106 Å². The molecule has 0 heterocycles. The lowest BCUT2D eigenvalue weighted by Crippen LogP contribution is -2.23. The van der Waals surface area contributed by atoms with Gasteiger partial charge >= 0.3 is 0 Å². The van der Waals surface area contributed by atoms with Crippen molar-refractivity contribution < 1.29 is 18.1 Å². The molecule has 1 N–H and O–H groups in total. The van der Waals surface area contributed by atoms with Crippen molar-refractivity contribution >= 4 is 27.1 Å². The number of nitro groups is 1. The number of carbonyl (C=O) groups excluding carboxylic acids is 1. The number of amides is 1. The van der Waals surface area contributed by atoms with Gasteiger partial charge in [-0.1, -0.05) is 30.3 Å². The molecule has 7 nitrogen and oxygen atoms in total. The summed E-state index contributed by atoms with van der Waals surface area (Å²) in [5, 5.41) is 13.1. The number of hydrogen-bond acceptors (Lipinski definition) is 5. The van der Waals surface area contributed by atoms with E-state index in [4.69, 9.17) is 0 Å². The summed E-state index contributed by atoms with van der Waals surface area (Å²) in [5.74, 6) is -1.63. The molecule has 0 atom stereocenters. The third-order valence-corrected chi connectivity index (χ3v) is 4.42. The van der Waals surface area contributed by atoms with Gasteiger partial charge in [0.05, 0.1) is 10.7 Å². The van der Waals surface area contributed by atoms with Crippen LogP contribution in [-0.4, -0.2) is 25.0 Å². The molecule has 0 radical (unpaired) electrons. The molecule has 0 bridgehead atoms. The number of nitrogens with one attached hydrogen (secondary N) is 1. The van der Waals surface area contributed by atoms with E-state index in [-0.39, 0.29) is 11.4 Å². The van der Waals surface area contributed by atoms with Gasteiger partial charge in [-0.15, -0.1) is 0 Å². The fourth-order valence-electron chi connectivity index (χ4n) is 1.94. The first-order valence-electron chi connectivity index (χ1n) is 6.64. The van der Waals surface area contributed by atoms with E-state index in [2.05, 4.69) is 5.32 Å². The summed E-state index contributed by atoms with van der Waals surface area (Å²) >= 11 is 0. The lowest BCUT2D eigenvalue weighted by molar-refractivity contribution is -0.384. The van der Waals surface area contributed by atoms with Crippen molar-refractivity contribution in [3.8, 4) is 0 Å². The van der Waals surface area contributed by atoms with Crippen LogP contribution in [0.15, 0.2) is 54.6 Å². The smallest absolute Gasteiger partial charge is 0.269 e. The Hall–Kier alpha value is -2.74. The Kier molecular flexibility index (Phi) is 5.07. The van der Waals surface area contributed by atoms with E-state index in [1.54, 1.807) is 30.3 Å². The van der Waals surface area contributed by atoms with Crippen LogP contribution < -0.4 is 5.32 Å². The first kappa shape index (κ1) is 16.6. The number of nitro benzene ring substituents is 1. The Balaban J connectivity index is 1.98. The molecule has 0 aromatic heterocycles. The molecule has 8 heteroatoms. The van der Waals surface area contributed by atoms with E-state index in [0.29, 0.717) is 11.3 Å². The van der Waals surface area contributed by atoms with E-state index in [1.807, 2.05) is 0 Å². The Bertz CT molecular complexity index is 802. The molecule has 0 aliphatic rings. The maximum atomic E-state index is 12.0. The van der Waals surface area contributed by atoms with Gasteiger partial charge in [0.2, 0.25) is 5.91 Å². The minimum atomic E-state index is -3.67. The normalized spacial score (nSPS) is 11.0. The van der Waals surface area contributed by atoms with Crippen LogP contribution >= 0.6 is 0 Å². The van der Waals surface area contributed by atoms with Crippen LogP contribution in [-0.2, 0) is 20.4 Å². The number of hydrogen-bond donors (Lipinski definition) is 1. The molecular formula is C15H14N2O5S. The van der Waals surface area contributed by atoms with E-state index in [1.165, 1.54) is 24.3 Å². The Morgan fingerprint density at radius 3 is 2.22 bits per heavy atom. The highest BCUT2D eigenvalue weighted by Crippen LogP contribution is 2.14. The SMILES string of the molecule is O=C(CS(=O)(=O)Cc1ccc([N+](=O)[O-])cc1)Nc1ccccc1.